The molecule has 0 spiro atoms. The zero-order valence-electron chi connectivity index (χ0n) is 28.1. The monoisotopic (exact) mass is 590 g/mol. The van der Waals surface area contributed by atoms with Crippen LogP contribution in [0.25, 0.3) is 28.4 Å². The number of hydrogen-bond donors (Lipinski definition) is 3. The van der Waals surface area contributed by atoms with E-state index in [1.54, 1.807) is 6.08 Å². The van der Waals surface area contributed by atoms with Gasteiger partial charge >= 0.3 is 0 Å². The van der Waals surface area contributed by atoms with E-state index in [9.17, 15) is 4.79 Å². The van der Waals surface area contributed by atoms with E-state index in [1.165, 1.54) is 66.8 Å². The van der Waals surface area contributed by atoms with Gasteiger partial charge < -0.3 is 19.5 Å². The third kappa shape index (κ3) is 5.00. The number of allylic oxidation sites excluding steroid dienone is 1. The van der Waals surface area contributed by atoms with Gasteiger partial charge in [-0.2, -0.15) is 0 Å². The van der Waals surface area contributed by atoms with E-state index in [1.807, 2.05) is 6.08 Å². The number of carbonyl (C=O) groups excluding carboxylic acids is 1. The molecule has 0 aromatic carbocycles. The van der Waals surface area contributed by atoms with Crippen LogP contribution in [0.15, 0.2) is 30.3 Å². The van der Waals surface area contributed by atoms with Crippen molar-refractivity contribution in [1.82, 2.24) is 19.5 Å². The quantitative estimate of drug-likeness (QED) is 0.151. The smallest absolute Gasteiger partial charge is 0.142 e. The Morgan fingerprint density at radius 2 is 1.11 bits per heavy atom. The van der Waals surface area contributed by atoms with Crippen LogP contribution in [0.3, 0.4) is 0 Å². The lowest BCUT2D eigenvalue weighted by Gasteiger charge is -2.12. The van der Waals surface area contributed by atoms with Crippen molar-refractivity contribution >= 4 is 34.7 Å². The number of nitrogens with one attached hydrogen (secondary N) is 3. The average Bonchev–Trinajstić information content (AvgIpc) is 3.83. The molecule has 0 atom stereocenters. The highest BCUT2D eigenvalue weighted by molar-refractivity contribution is 5.84. The van der Waals surface area contributed by atoms with E-state index < -0.39 is 0 Å². The van der Waals surface area contributed by atoms with E-state index >= 15 is 0 Å². The molecule has 0 amide bonds. The first kappa shape index (κ1) is 31.4. The molecule has 1 aliphatic heterocycles. The molecule has 0 saturated carbocycles. The van der Waals surface area contributed by atoms with Crippen molar-refractivity contribution in [1.29, 1.82) is 0 Å². The van der Waals surface area contributed by atoms with Gasteiger partial charge in [-0.15, -0.1) is 0 Å². The zero-order chi connectivity index (χ0) is 31.5. The number of aromatic nitrogens is 4. The van der Waals surface area contributed by atoms with Crippen molar-refractivity contribution in [3.63, 3.8) is 0 Å². The molecule has 0 aliphatic carbocycles. The minimum Gasteiger partial charge on any atom is -0.355 e. The van der Waals surface area contributed by atoms with Crippen molar-refractivity contribution in [2.24, 2.45) is 0 Å². The Labute approximate surface area is 262 Å². The summed E-state index contributed by atoms with van der Waals surface area (Å²) in [5.74, 6) is 0. The topological polar surface area (TPSA) is 69.4 Å². The molecule has 0 saturated heterocycles. The molecule has 5 rings (SSSR count). The second-order valence-electron chi connectivity index (χ2n) is 11.6. The van der Waals surface area contributed by atoms with Crippen molar-refractivity contribution < 1.29 is 4.79 Å². The number of H-pyrrole nitrogens is 3. The first-order chi connectivity index (χ1) is 21.5. The number of aromatic amines is 3. The number of carbonyl (C=O) groups is 1. The van der Waals surface area contributed by atoms with E-state index in [0.29, 0.717) is 0 Å². The van der Waals surface area contributed by atoms with Crippen molar-refractivity contribution in [2.45, 2.75) is 107 Å². The van der Waals surface area contributed by atoms with E-state index in [-0.39, 0.29) is 0 Å². The summed E-state index contributed by atoms with van der Waals surface area (Å²) >= 11 is 0. The van der Waals surface area contributed by atoms with Crippen LogP contribution >= 0.6 is 0 Å². The fraction of sp³-hybridized carbons (Fsp3) is 0.410. The molecule has 44 heavy (non-hydrogen) atoms. The van der Waals surface area contributed by atoms with Crippen LogP contribution < -0.4 is 21.4 Å². The van der Waals surface area contributed by atoms with Crippen molar-refractivity contribution in [3.05, 3.63) is 96.8 Å². The highest BCUT2D eigenvalue weighted by Crippen LogP contribution is 2.32. The molecular formula is C39H50N4O. The van der Waals surface area contributed by atoms with Crippen LogP contribution in [0.5, 0.6) is 0 Å². The number of nitrogens with zero attached hydrogens (tertiary/aromatic N) is 1. The molecule has 0 radical (unpaired) electrons. The van der Waals surface area contributed by atoms with Crippen LogP contribution in [-0.4, -0.2) is 25.8 Å². The number of rotatable bonds is 10. The van der Waals surface area contributed by atoms with Gasteiger partial charge in [0, 0.05) is 50.6 Å². The number of fused-ring (bicyclic) bond motifs is 8. The Hall–Kier alpha value is -3.99. The van der Waals surface area contributed by atoms with E-state index in [2.05, 4.69) is 99.2 Å². The SMILES string of the molecule is CCC1=c2ccc([nH]2)=C(CC)c2[nH]c(c(CC)c2C=CC=O)C(CC)=c2c(CC)c(CC)c(n2CC)=C(CC)c2ccc1[nH]2. The standard InChI is InChI=1S/C39H50N4O/c1-9-24-31(18-17-23-44)37-28(13-5)34-21-19-32(40-34)27(12-4)33-20-22-35(41-33)29(14-6)38-25(10-2)26(11-3)39(43(38)16-8)30(15-7)36(24)42-37/h17-23,40-42H,9-16H2,1-8H3. The third-order valence-corrected chi connectivity index (χ3v) is 9.60. The molecule has 5 heteroatoms. The van der Waals surface area contributed by atoms with Gasteiger partial charge in [0.05, 0.1) is 5.69 Å². The predicted octanol–water partition coefficient (Wildman–Crippen LogP) is 6.14. The Balaban J connectivity index is 2.15. The Bertz CT molecular complexity index is 1960. The van der Waals surface area contributed by atoms with Crippen molar-refractivity contribution in [3.8, 4) is 0 Å². The van der Waals surface area contributed by atoms with E-state index in [4.69, 9.17) is 0 Å². The molecule has 5 heterocycles. The van der Waals surface area contributed by atoms with Gasteiger partial charge in [0.2, 0.25) is 0 Å². The maximum atomic E-state index is 11.6. The van der Waals surface area contributed by atoms with Gasteiger partial charge in [-0.3, -0.25) is 4.79 Å². The minimum atomic E-state index is 0.852. The van der Waals surface area contributed by atoms with Gasteiger partial charge in [0.15, 0.2) is 0 Å². The van der Waals surface area contributed by atoms with Gasteiger partial charge in [-0.05, 0) is 127 Å². The highest BCUT2D eigenvalue weighted by atomic mass is 16.1. The lowest BCUT2D eigenvalue weighted by molar-refractivity contribution is -0.104. The molecule has 4 aromatic rings. The number of hydrogen-bond acceptors (Lipinski definition) is 1. The molecule has 232 valence electrons. The Kier molecular flexibility index (Phi) is 9.53. The summed E-state index contributed by atoms with van der Waals surface area (Å²) < 4.78 is 2.60. The normalized spacial score (nSPS) is 13.5. The van der Waals surface area contributed by atoms with Crippen LogP contribution in [-0.2, 0) is 30.6 Å². The lowest BCUT2D eigenvalue weighted by atomic mass is 9.96. The van der Waals surface area contributed by atoms with Gasteiger partial charge in [0.25, 0.3) is 0 Å². The van der Waals surface area contributed by atoms with Gasteiger partial charge in [-0.1, -0.05) is 48.5 Å². The fourth-order valence-corrected chi connectivity index (χ4v) is 7.70. The Morgan fingerprint density at radius 3 is 1.64 bits per heavy atom. The molecular weight excluding hydrogens is 540 g/mol. The molecule has 1 aliphatic rings. The summed E-state index contributed by atoms with van der Waals surface area (Å²) in [4.78, 5) is 23.3. The molecule has 3 N–H and O–H groups in total. The summed E-state index contributed by atoms with van der Waals surface area (Å²) in [5, 5.41) is 5.00. The van der Waals surface area contributed by atoms with Gasteiger partial charge in [-0.25, -0.2) is 0 Å². The highest BCUT2D eigenvalue weighted by Gasteiger charge is 2.24. The van der Waals surface area contributed by atoms with E-state index in [0.717, 1.165) is 79.7 Å². The second kappa shape index (κ2) is 13.3. The van der Waals surface area contributed by atoms with Crippen LogP contribution in [0.4, 0.5) is 0 Å². The molecule has 4 aromatic heterocycles. The predicted molar refractivity (Wildman–Crippen MR) is 185 cm³/mol. The Morgan fingerprint density at radius 1 is 0.568 bits per heavy atom. The maximum Gasteiger partial charge on any atom is 0.142 e. The largest absolute Gasteiger partial charge is 0.355 e. The fourth-order valence-electron chi connectivity index (χ4n) is 7.70. The third-order valence-electron chi connectivity index (χ3n) is 9.60. The minimum absolute atomic E-state index is 0.852. The molecule has 5 nitrogen and oxygen atoms in total. The number of aldehydes is 1. The zero-order valence-corrected chi connectivity index (χ0v) is 28.1. The summed E-state index contributed by atoms with van der Waals surface area (Å²) in [6, 6.07) is 8.99. The van der Waals surface area contributed by atoms with Crippen LogP contribution in [0.1, 0.15) is 126 Å². The summed E-state index contributed by atoms with van der Waals surface area (Å²) in [6.45, 7) is 19.1. The lowest BCUT2D eigenvalue weighted by Crippen LogP contribution is -2.31. The van der Waals surface area contributed by atoms with Crippen LogP contribution in [0, 0.1) is 0 Å². The first-order valence-electron chi connectivity index (χ1n) is 16.9. The summed E-state index contributed by atoms with van der Waals surface area (Å²) in [5.41, 5.74) is 15.2. The molecule has 0 fully saturated rings. The van der Waals surface area contributed by atoms with Crippen molar-refractivity contribution in [2.75, 3.05) is 0 Å². The maximum absolute atomic E-state index is 11.6. The van der Waals surface area contributed by atoms with Crippen LogP contribution in [0.2, 0.25) is 0 Å². The first-order valence-corrected chi connectivity index (χ1v) is 16.9. The second-order valence-corrected chi connectivity index (χ2v) is 11.6. The average molecular weight is 591 g/mol. The molecule has 8 bridgehead atoms. The van der Waals surface area contributed by atoms with Gasteiger partial charge in [0.1, 0.15) is 6.29 Å². The molecule has 0 unspecified atom stereocenters. The summed E-state index contributed by atoms with van der Waals surface area (Å²) in [6.07, 6.45) is 11.0. The summed E-state index contributed by atoms with van der Waals surface area (Å²) in [7, 11) is 0.